The molecule has 2 saturated carbocycles. The van der Waals surface area contributed by atoms with Crippen LogP contribution in [0.15, 0.2) is 11.1 Å². The van der Waals surface area contributed by atoms with Crippen molar-refractivity contribution in [1.82, 2.24) is 0 Å². The van der Waals surface area contributed by atoms with Gasteiger partial charge in [-0.3, -0.25) is 9.59 Å². The standard InChI is InChI=1S/C17H20O5/c1-7-8(2)13-17-10-4-9(5-15(10,3)22-14(17)20)16(17,6-11(18)19)12(7)21-13/h9-10,12-13H,4-6H2,1-3H3,(H,18,19). The molecule has 0 aromatic heterocycles. The summed E-state index contributed by atoms with van der Waals surface area (Å²) in [5, 5.41) is 9.57. The molecule has 118 valence electrons. The third kappa shape index (κ3) is 0.938. The molecule has 2 aliphatic carbocycles. The minimum atomic E-state index is -0.838. The van der Waals surface area contributed by atoms with Crippen LogP contribution in [0.25, 0.3) is 0 Å². The third-order valence-corrected chi connectivity index (χ3v) is 7.63. The topological polar surface area (TPSA) is 72.8 Å². The fourth-order valence-electron chi connectivity index (χ4n) is 7.02. The number of hydrogen-bond donors (Lipinski definition) is 1. The van der Waals surface area contributed by atoms with Gasteiger partial charge in [0.25, 0.3) is 0 Å². The largest absolute Gasteiger partial charge is 0.481 e. The summed E-state index contributed by atoms with van der Waals surface area (Å²) in [5.74, 6) is -0.756. The molecule has 3 aliphatic heterocycles. The van der Waals surface area contributed by atoms with E-state index in [-0.39, 0.29) is 36.4 Å². The van der Waals surface area contributed by atoms with E-state index in [1.165, 1.54) is 0 Å². The molecule has 5 heteroatoms. The predicted molar refractivity (Wildman–Crippen MR) is 74.9 cm³/mol. The van der Waals surface area contributed by atoms with E-state index in [0.29, 0.717) is 0 Å². The van der Waals surface area contributed by atoms with Gasteiger partial charge in [-0.05, 0) is 50.7 Å². The summed E-state index contributed by atoms with van der Waals surface area (Å²) in [7, 11) is 0. The quantitative estimate of drug-likeness (QED) is 0.623. The summed E-state index contributed by atoms with van der Waals surface area (Å²) in [5.41, 5.74) is 0.444. The molecule has 1 spiro atoms. The molecule has 7 atom stereocenters. The summed E-state index contributed by atoms with van der Waals surface area (Å²) in [4.78, 5) is 24.7. The van der Waals surface area contributed by atoms with E-state index < -0.39 is 22.4 Å². The summed E-state index contributed by atoms with van der Waals surface area (Å²) < 4.78 is 12.1. The van der Waals surface area contributed by atoms with E-state index in [4.69, 9.17) is 9.47 Å². The van der Waals surface area contributed by atoms with Crippen LogP contribution in [0, 0.1) is 22.7 Å². The average molecular weight is 304 g/mol. The summed E-state index contributed by atoms with van der Waals surface area (Å²) >= 11 is 0. The normalized spacial score (nSPS) is 56.8. The molecule has 0 aromatic rings. The zero-order valence-electron chi connectivity index (χ0n) is 13.0. The van der Waals surface area contributed by atoms with Crippen molar-refractivity contribution in [3.8, 4) is 0 Å². The molecule has 5 rings (SSSR count). The highest BCUT2D eigenvalue weighted by Gasteiger charge is 2.90. The number of carbonyl (C=O) groups excluding carboxylic acids is 1. The number of carbonyl (C=O) groups is 2. The lowest BCUT2D eigenvalue weighted by Gasteiger charge is -2.49. The fraction of sp³-hybridized carbons (Fsp3) is 0.765. The van der Waals surface area contributed by atoms with Crippen molar-refractivity contribution in [2.45, 2.75) is 57.8 Å². The van der Waals surface area contributed by atoms with E-state index in [1.807, 2.05) is 20.8 Å². The number of hydrogen-bond acceptors (Lipinski definition) is 4. The lowest BCUT2D eigenvalue weighted by atomic mass is 9.47. The highest BCUT2D eigenvalue weighted by molar-refractivity contribution is 5.88. The Morgan fingerprint density at radius 2 is 2.00 bits per heavy atom. The molecule has 7 unspecified atom stereocenters. The van der Waals surface area contributed by atoms with Crippen LogP contribution < -0.4 is 0 Å². The number of carboxylic acid groups (broad SMARTS) is 1. The Balaban J connectivity index is 1.82. The molecule has 0 radical (unpaired) electrons. The van der Waals surface area contributed by atoms with Crippen molar-refractivity contribution in [2.24, 2.45) is 22.7 Å². The second-order valence-electron chi connectivity index (χ2n) is 8.13. The summed E-state index contributed by atoms with van der Waals surface area (Å²) in [6, 6.07) is 0. The number of ether oxygens (including phenoxy) is 2. The molecular weight excluding hydrogens is 284 g/mol. The molecule has 5 nitrogen and oxygen atoms in total. The van der Waals surface area contributed by atoms with Crippen LogP contribution in [-0.2, 0) is 19.1 Å². The predicted octanol–water partition coefficient (Wildman–Crippen LogP) is 1.91. The first-order chi connectivity index (χ1) is 10.3. The maximum absolute atomic E-state index is 13.0. The Bertz CT molecular complexity index is 681. The van der Waals surface area contributed by atoms with Crippen molar-refractivity contribution in [3.05, 3.63) is 11.1 Å². The zero-order chi connectivity index (χ0) is 15.7. The zero-order valence-corrected chi connectivity index (χ0v) is 13.0. The van der Waals surface area contributed by atoms with Crippen LogP contribution in [0.3, 0.4) is 0 Å². The lowest BCUT2D eigenvalue weighted by molar-refractivity contribution is -0.156. The molecule has 2 saturated heterocycles. The van der Waals surface area contributed by atoms with Crippen LogP contribution in [0.4, 0.5) is 0 Å². The Labute approximate surface area is 128 Å². The van der Waals surface area contributed by atoms with Crippen LogP contribution >= 0.6 is 0 Å². The molecule has 4 fully saturated rings. The second-order valence-corrected chi connectivity index (χ2v) is 8.13. The van der Waals surface area contributed by atoms with Crippen molar-refractivity contribution < 1.29 is 24.2 Å². The molecule has 5 aliphatic rings. The number of esters is 1. The van der Waals surface area contributed by atoms with Crippen LogP contribution in [0.1, 0.15) is 40.0 Å². The third-order valence-electron chi connectivity index (χ3n) is 7.63. The van der Waals surface area contributed by atoms with Crippen molar-refractivity contribution in [1.29, 1.82) is 0 Å². The first-order valence-electron chi connectivity index (χ1n) is 8.07. The van der Waals surface area contributed by atoms with Gasteiger partial charge in [-0.2, -0.15) is 0 Å². The van der Waals surface area contributed by atoms with Crippen molar-refractivity contribution >= 4 is 11.9 Å². The van der Waals surface area contributed by atoms with Crippen molar-refractivity contribution in [2.75, 3.05) is 0 Å². The Morgan fingerprint density at radius 1 is 1.32 bits per heavy atom. The molecule has 0 aromatic carbocycles. The SMILES string of the molecule is CC1=C(C)C2OC1C1(CC(=O)O)C3CC4C(C)(C3)OC(=O)C241. The van der Waals surface area contributed by atoms with E-state index >= 15 is 0 Å². The Hall–Kier alpha value is -1.36. The van der Waals surface area contributed by atoms with E-state index in [0.717, 1.165) is 24.0 Å². The van der Waals surface area contributed by atoms with Gasteiger partial charge in [0.2, 0.25) is 0 Å². The molecule has 0 amide bonds. The van der Waals surface area contributed by atoms with Gasteiger partial charge in [0.15, 0.2) is 0 Å². The van der Waals surface area contributed by atoms with Gasteiger partial charge in [-0.25, -0.2) is 0 Å². The molecule has 4 bridgehead atoms. The average Bonchev–Trinajstić information content (AvgIpc) is 3.08. The first-order valence-corrected chi connectivity index (χ1v) is 8.07. The Kier molecular flexibility index (Phi) is 1.95. The first kappa shape index (κ1) is 13.1. The lowest BCUT2D eigenvalue weighted by Crippen LogP contribution is -2.58. The number of rotatable bonds is 2. The van der Waals surface area contributed by atoms with E-state index in [9.17, 15) is 14.7 Å². The highest BCUT2D eigenvalue weighted by Crippen LogP contribution is 2.83. The molecule has 1 N–H and O–H groups in total. The van der Waals surface area contributed by atoms with Gasteiger partial charge in [-0.1, -0.05) is 0 Å². The Morgan fingerprint density at radius 3 is 2.68 bits per heavy atom. The van der Waals surface area contributed by atoms with Crippen molar-refractivity contribution in [3.63, 3.8) is 0 Å². The van der Waals surface area contributed by atoms with Crippen LogP contribution in [0.2, 0.25) is 0 Å². The van der Waals surface area contributed by atoms with E-state index in [2.05, 4.69) is 0 Å². The minimum Gasteiger partial charge on any atom is -0.481 e. The second kappa shape index (κ2) is 3.28. The van der Waals surface area contributed by atoms with Gasteiger partial charge in [0, 0.05) is 11.3 Å². The number of fused-ring (bicyclic) bond motifs is 5. The van der Waals surface area contributed by atoms with Gasteiger partial charge >= 0.3 is 11.9 Å². The minimum absolute atomic E-state index is 0.00509. The number of aliphatic carboxylic acids is 1. The number of carboxylic acids is 1. The summed E-state index contributed by atoms with van der Waals surface area (Å²) in [6.07, 6.45) is 1.15. The monoisotopic (exact) mass is 304 g/mol. The van der Waals surface area contributed by atoms with Gasteiger partial charge in [0.1, 0.15) is 11.0 Å². The molecule has 3 heterocycles. The highest BCUT2D eigenvalue weighted by atomic mass is 16.6. The maximum Gasteiger partial charge on any atom is 0.316 e. The molecule has 22 heavy (non-hydrogen) atoms. The van der Waals surface area contributed by atoms with Crippen LogP contribution in [0.5, 0.6) is 0 Å². The van der Waals surface area contributed by atoms with Gasteiger partial charge < -0.3 is 14.6 Å². The smallest absolute Gasteiger partial charge is 0.316 e. The van der Waals surface area contributed by atoms with Gasteiger partial charge in [-0.15, -0.1) is 0 Å². The fourth-order valence-corrected chi connectivity index (χ4v) is 7.02. The maximum atomic E-state index is 13.0. The van der Waals surface area contributed by atoms with Crippen LogP contribution in [-0.4, -0.2) is 34.9 Å². The summed E-state index contributed by atoms with van der Waals surface area (Å²) in [6.45, 7) is 6.07. The van der Waals surface area contributed by atoms with Gasteiger partial charge in [0.05, 0.1) is 18.6 Å². The van der Waals surface area contributed by atoms with E-state index in [1.54, 1.807) is 0 Å². The molecular formula is C17H20O5.